The summed E-state index contributed by atoms with van der Waals surface area (Å²) < 4.78 is 0. The molecule has 1 unspecified atom stereocenters. The normalized spacial score (nSPS) is 19.2. The van der Waals surface area contributed by atoms with Crippen LogP contribution in [0, 0.1) is 0 Å². The molecule has 0 radical (unpaired) electrons. The Labute approximate surface area is 158 Å². The third-order valence-electron chi connectivity index (χ3n) is 5.28. The van der Waals surface area contributed by atoms with Crippen LogP contribution in [0.3, 0.4) is 0 Å². The van der Waals surface area contributed by atoms with E-state index < -0.39 is 5.91 Å². The van der Waals surface area contributed by atoms with Gasteiger partial charge in [0.15, 0.2) is 0 Å². The van der Waals surface area contributed by atoms with Gasteiger partial charge in [-0.05, 0) is 36.1 Å². The van der Waals surface area contributed by atoms with E-state index in [4.69, 9.17) is 5.73 Å². The minimum Gasteiger partial charge on any atom is -0.371 e. The molecule has 27 heavy (non-hydrogen) atoms. The Balaban J connectivity index is 1.74. The fraction of sp³-hybridized carbons (Fsp3) is 0.273. The molecule has 0 aliphatic carbocycles. The molecule has 5 heteroatoms. The van der Waals surface area contributed by atoms with Gasteiger partial charge in [0, 0.05) is 31.1 Å². The van der Waals surface area contributed by atoms with Crippen molar-refractivity contribution in [2.24, 2.45) is 5.73 Å². The molecular weight excluding hydrogens is 338 g/mol. The number of nitrogens with two attached hydrogens (primary N) is 1. The Morgan fingerprint density at radius 2 is 1.89 bits per heavy atom. The number of anilines is 2. The number of nitrogens with zero attached hydrogens (tertiary/aromatic N) is 1. The van der Waals surface area contributed by atoms with Crippen LogP contribution in [-0.2, 0) is 4.79 Å². The van der Waals surface area contributed by atoms with E-state index in [1.165, 1.54) is 0 Å². The number of amides is 2. The molecule has 2 aromatic carbocycles. The van der Waals surface area contributed by atoms with E-state index in [1.54, 1.807) is 0 Å². The van der Waals surface area contributed by atoms with Crippen LogP contribution in [0.1, 0.15) is 46.7 Å². The lowest BCUT2D eigenvalue weighted by Gasteiger charge is -2.28. The number of fused-ring (bicyclic) bond motifs is 1. The first-order valence-corrected chi connectivity index (χ1v) is 9.37. The monoisotopic (exact) mass is 361 g/mol. The Bertz CT molecular complexity index is 899. The summed E-state index contributed by atoms with van der Waals surface area (Å²) in [6, 6.07) is 13.8. The maximum atomic E-state index is 12.2. The summed E-state index contributed by atoms with van der Waals surface area (Å²) in [4.78, 5) is 26.5. The molecule has 0 saturated carbocycles. The predicted molar refractivity (Wildman–Crippen MR) is 108 cm³/mol. The van der Waals surface area contributed by atoms with Gasteiger partial charge in [-0.3, -0.25) is 9.59 Å². The number of rotatable bonds is 4. The first-order valence-electron chi connectivity index (χ1n) is 9.37. The van der Waals surface area contributed by atoms with E-state index >= 15 is 0 Å². The Morgan fingerprint density at radius 3 is 2.59 bits per heavy atom. The minimum absolute atomic E-state index is 0.00981. The molecule has 2 aromatic rings. The number of carbonyl (C=O) groups is 2. The molecule has 4 rings (SSSR count). The Hall–Kier alpha value is -3.08. The van der Waals surface area contributed by atoms with E-state index in [9.17, 15) is 9.59 Å². The van der Waals surface area contributed by atoms with Crippen LogP contribution in [0.4, 0.5) is 11.4 Å². The van der Waals surface area contributed by atoms with Crippen LogP contribution >= 0.6 is 0 Å². The third kappa shape index (κ3) is 3.58. The summed E-state index contributed by atoms with van der Waals surface area (Å²) in [6.45, 7) is 1.81. The lowest BCUT2D eigenvalue weighted by molar-refractivity contribution is -0.116. The highest BCUT2D eigenvalue weighted by molar-refractivity contribution is 6.03. The summed E-state index contributed by atoms with van der Waals surface area (Å²) in [5, 5.41) is 2.97. The molecule has 5 nitrogen and oxygen atoms in total. The fourth-order valence-corrected chi connectivity index (χ4v) is 3.91. The highest BCUT2D eigenvalue weighted by Gasteiger charge is 2.28. The van der Waals surface area contributed by atoms with E-state index in [0.29, 0.717) is 12.0 Å². The number of hydrogen-bond donors (Lipinski definition) is 2. The molecule has 1 atom stereocenters. The lowest BCUT2D eigenvalue weighted by atomic mass is 9.87. The molecule has 2 aliphatic rings. The van der Waals surface area contributed by atoms with Gasteiger partial charge < -0.3 is 16.0 Å². The third-order valence-corrected chi connectivity index (χ3v) is 5.28. The van der Waals surface area contributed by atoms with Gasteiger partial charge in [0.1, 0.15) is 0 Å². The molecule has 2 heterocycles. The van der Waals surface area contributed by atoms with Crippen molar-refractivity contribution in [2.45, 2.75) is 25.2 Å². The van der Waals surface area contributed by atoms with Gasteiger partial charge in [-0.25, -0.2) is 0 Å². The molecule has 0 aromatic heterocycles. The van der Waals surface area contributed by atoms with Crippen molar-refractivity contribution in [2.75, 3.05) is 23.3 Å². The number of carbonyl (C=O) groups excluding carboxylic acids is 2. The van der Waals surface area contributed by atoms with Gasteiger partial charge in [-0.15, -0.1) is 0 Å². The Kier molecular flexibility index (Phi) is 4.67. The number of allylic oxidation sites excluding steroid dienone is 1. The van der Waals surface area contributed by atoms with E-state index in [0.717, 1.165) is 48.4 Å². The SMILES string of the molecule is NC(=O)c1cc2c(cc1N1CCCC1)NC(=O)CC2C=Cc1ccccc1. The molecule has 3 N–H and O–H groups in total. The van der Waals surface area contributed by atoms with Crippen molar-refractivity contribution in [3.8, 4) is 0 Å². The molecule has 1 saturated heterocycles. The van der Waals surface area contributed by atoms with Crippen molar-refractivity contribution in [1.29, 1.82) is 0 Å². The van der Waals surface area contributed by atoms with Crippen molar-refractivity contribution in [3.63, 3.8) is 0 Å². The molecule has 138 valence electrons. The van der Waals surface area contributed by atoms with Crippen LogP contribution in [0.25, 0.3) is 6.08 Å². The summed E-state index contributed by atoms with van der Waals surface area (Å²) in [5.74, 6) is -0.522. The Morgan fingerprint density at radius 1 is 1.15 bits per heavy atom. The van der Waals surface area contributed by atoms with E-state index in [2.05, 4.69) is 10.2 Å². The fourth-order valence-electron chi connectivity index (χ4n) is 3.91. The van der Waals surface area contributed by atoms with Gasteiger partial charge in [-0.1, -0.05) is 42.5 Å². The molecular formula is C22H23N3O2. The van der Waals surface area contributed by atoms with Crippen LogP contribution < -0.4 is 16.0 Å². The first kappa shape index (κ1) is 17.3. The summed E-state index contributed by atoms with van der Waals surface area (Å²) in [6.07, 6.45) is 6.62. The second-order valence-corrected chi connectivity index (χ2v) is 7.14. The maximum absolute atomic E-state index is 12.2. The zero-order valence-corrected chi connectivity index (χ0v) is 15.2. The van der Waals surface area contributed by atoms with Crippen LogP contribution in [0.5, 0.6) is 0 Å². The van der Waals surface area contributed by atoms with Crippen LogP contribution in [-0.4, -0.2) is 24.9 Å². The van der Waals surface area contributed by atoms with Crippen molar-refractivity contribution >= 4 is 29.3 Å². The van der Waals surface area contributed by atoms with Crippen LogP contribution in [0.2, 0.25) is 0 Å². The smallest absolute Gasteiger partial charge is 0.250 e. The topological polar surface area (TPSA) is 75.4 Å². The number of hydrogen-bond acceptors (Lipinski definition) is 3. The second-order valence-electron chi connectivity index (χ2n) is 7.14. The molecule has 2 aliphatic heterocycles. The van der Waals surface area contributed by atoms with Crippen molar-refractivity contribution < 1.29 is 9.59 Å². The highest BCUT2D eigenvalue weighted by Crippen LogP contribution is 2.39. The highest BCUT2D eigenvalue weighted by atomic mass is 16.2. The van der Waals surface area contributed by atoms with Gasteiger partial charge >= 0.3 is 0 Å². The zero-order chi connectivity index (χ0) is 18.8. The number of nitrogens with one attached hydrogen (secondary N) is 1. The summed E-state index contributed by atoms with van der Waals surface area (Å²) in [5.41, 5.74) is 9.84. The second kappa shape index (κ2) is 7.27. The quantitative estimate of drug-likeness (QED) is 0.875. The number of primary amides is 1. The predicted octanol–water partition coefficient (Wildman–Crippen LogP) is 3.52. The summed E-state index contributed by atoms with van der Waals surface area (Å²) in [7, 11) is 0. The molecule has 1 fully saturated rings. The van der Waals surface area contributed by atoms with E-state index in [-0.39, 0.29) is 11.8 Å². The summed E-state index contributed by atoms with van der Waals surface area (Å²) >= 11 is 0. The van der Waals surface area contributed by atoms with Gasteiger partial charge in [0.2, 0.25) is 5.91 Å². The van der Waals surface area contributed by atoms with Gasteiger partial charge in [0.05, 0.1) is 11.3 Å². The average molecular weight is 361 g/mol. The van der Waals surface area contributed by atoms with Gasteiger partial charge in [0.25, 0.3) is 5.91 Å². The molecule has 0 spiro atoms. The van der Waals surface area contributed by atoms with E-state index in [1.807, 2.05) is 54.6 Å². The van der Waals surface area contributed by atoms with Crippen LogP contribution in [0.15, 0.2) is 48.5 Å². The standard InChI is InChI=1S/C22H23N3O2/c23-22(27)18-13-17-16(9-8-15-6-2-1-3-7-15)12-21(26)24-19(17)14-20(18)25-10-4-5-11-25/h1-3,6-9,13-14,16H,4-5,10-12H2,(H2,23,27)(H,24,26). The first-order chi connectivity index (χ1) is 13.1. The van der Waals surface area contributed by atoms with Crippen molar-refractivity contribution in [1.82, 2.24) is 0 Å². The minimum atomic E-state index is -0.428. The van der Waals surface area contributed by atoms with Gasteiger partial charge in [-0.2, -0.15) is 0 Å². The zero-order valence-electron chi connectivity index (χ0n) is 15.2. The van der Waals surface area contributed by atoms with Crippen molar-refractivity contribution in [3.05, 3.63) is 65.2 Å². The average Bonchev–Trinajstić information content (AvgIpc) is 3.20. The maximum Gasteiger partial charge on any atom is 0.250 e. The lowest BCUT2D eigenvalue weighted by Crippen LogP contribution is -2.27. The molecule has 0 bridgehead atoms. The number of benzene rings is 2. The largest absolute Gasteiger partial charge is 0.371 e. The molecule has 2 amide bonds.